The molecule has 29 heavy (non-hydrogen) atoms. The lowest BCUT2D eigenvalue weighted by molar-refractivity contribution is 0.310. The lowest BCUT2D eigenvalue weighted by Crippen LogP contribution is -2.37. The quantitative estimate of drug-likeness (QED) is 0.400. The molecule has 1 aromatic heterocycles. The standard InChI is InChI=1S/C22H27FN4O2/c1-4-29-21-11-15(5-8-20(21)28-3)13-27-22(24-2)25-10-9-16-14-26-19-7-6-17(23)12-18(16)19/h5-8,11-12,14,26H,4,9-10,13H2,1-3H3,(H2,24,25,27). The van der Waals surface area contributed by atoms with Gasteiger partial charge in [-0.25, -0.2) is 4.39 Å². The number of guanidine groups is 1. The van der Waals surface area contributed by atoms with E-state index in [1.165, 1.54) is 6.07 Å². The summed E-state index contributed by atoms with van der Waals surface area (Å²) in [6.07, 6.45) is 2.68. The predicted molar refractivity (Wildman–Crippen MR) is 114 cm³/mol. The van der Waals surface area contributed by atoms with E-state index in [4.69, 9.17) is 9.47 Å². The smallest absolute Gasteiger partial charge is 0.191 e. The molecule has 0 atom stereocenters. The van der Waals surface area contributed by atoms with Gasteiger partial charge in [-0.1, -0.05) is 6.07 Å². The number of benzene rings is 2. The summed E-state index contributed by atoms with van der Waals surface area (Å²) in [5.74, 6) is 1.91. The van der Waals surface area contributed by atoms with E-state index >= 15 is 0 Å². The van der Waals surface area contributed by atoms with Crippen LogP contribution in [0.25, 0.3) is 10.9 Å². The number of aliphatic imine (C=N–C) groups is 1. The average molecular weight is 398 g/mol. The molecule has 3 N–H and O–H groups in total. The average Bonchev–Trinajstić information content (AvgIpc) is 3.13. The van der Waals surface area contributed by atoms with Gasteiger partial charge in [0, 0.05) is 37.2 Å². The molecule has 0 aliphatic carbocycles. The van der Waals surface area contributed by atoms with Crippen LogP contribution in [0.5, 0.6) is 11.5 Å². The number of rotatable bonds is 8. The minimum absolute atomic E-state index is 0.227. The number of ether oxygens (including phenoxy) is 2. The van der Waals surface area contributed by atoms with Gasteiger partial charge in [-0.05, 0) is 54.8 Å². The van der Waals surface area contributed by atoms with Crippen molar-refractivity contribution in [2.24, 2.45) is 4.99 Å². The molecule has 7 heteroatoms. The molecule has 0 unspecified atom stereocenters. The summed E-state index contributed by atoms with van der Waals surface area (Å²) in [6, 6.07) is 10.6. The lowest BCUT2D eigenvalue weighted by Gasteiger charge is -2.14. The molecule has 0 saturated carbocycles. The fraction of sp³-hybridized carbons (Fsp3) is 0.318. The van der Waals surface area contributed by atoms with Crippen LogP contribution in [-0.4, -0.2) is 38.3 Å². The Morgan fingerprint density at radius 3 is 2.76 bits per heavy atom. The number of aromatic amines is 1. The fourth-order valence-electron chi connectivity index (χ4n) is 3.18. The lowest BCUT2D eigenvalue weighted by atomic mass is 10.1. The first kappa shape index (κ1) is 20.5. The maximum Gasteiger partial charge on any atom is 0.191 e. The number of halogens is 1. The zero-order chi connectivity index (χ0) is 20.6. The van der Waals surface area contributed by atoms with E-state index < -0.39 is 0 Å². The summed E-state index contributed by atoms with van der Waals surface area (Å²) in [7, 11) is 3.36. The SMILES string of the molecule is CCOc1cc(CNC(=NC)NCCc2c[nH]c3ccc(F)cc23)ccc1OC. The molecule has 0 radical (unpaired) electrons. The van der Waals surface area contributed by atoms with E-state index in [-0.39, 0.29) is 5.82 Å². The molecule has 0 aliphatic rings. The van der Waals surface area contributed by atoms with Crippen molar-refractivity contribution in [3.8, 4) is 11.5 Å². The minimum Gasteiger partial charge on any atom is -0.493 e. The number of hydrogen-bond donors (Lipinski definition) is 3. The molecule has 1 heterocycles. The Morgan fingerprint density at radius 2 is 2.00 bits per heavy atom. The molecule has 6 nitrogen and oxygen atoms in total. The minimum atomic E-state index is -0.227. The summed E-state index contributed by atoms with van der Waals surface area (Å²) < 4.78 is 24.5. The van der Waals surface area contributed by atoms with E-state index in [0.29, 0.717) is 31.4 Å². The van der Waals surface area contributed by atoms with Crippen molar-refractivity contribution < 1.29 is 13.9 Å². The second-order valence-corrected chi connectivity index (χ2v) is 6.52. The van der Waals surface area contributed by atoms with Gasteiger partial charge in [0.25, 0.3) is 0 Å². The molecule has 3 rings (SSSR count). The van der Waals surface area contributed by atoms with Crippen LogP contribution in [-0.2, 0) is 13.0 Å². The maximum atomic E-state index is 13.5. The van der Waals surface area contributed by atoms with Crippen LogP contribution in [0.1, 0.15) is 18.1 Å². The fourth-order valence-corrected chi connectivity index (χ4v) is 3.18. The van der Waals surface area contributed by atoms with E-state index in [0.717, 1.165) is 34.2 Å². The van der Waals surface area contributed by atoms with E-state index in [1.807, 2.05) is 31.3 Å². The molecule has 2 aromatic carbocycles. The first-order valence-corrected chi connectivity index (χ1v) is 9.64. The van der Waals surface area contributed by atoms with E-state index in [2.05, 4.69) is 20.6 Å². The predicted octanol–water partition coefficient (Wildman–Crippen LogP) is 3.62. The molecule has 0 spiro atoms. The van der Waals surface area contributed by atoms with Gasteiger partial charge in [0.1, 0.15) is 5.82 Å². The van der Waals surface area contributed by atoms with Crippen molar-refractivity contribution in [3.63, 3.8) is 0 Å². The first-order chi connectivity index (χ1) is 14.1. The molecular weight excluding hydrogens is 371 g/mol. The summed E-state index contributed by atoms with van der Waals surface area (Å²) >= 11 is 0. The van der Waals surface area contributed by atoms with Gasteiger partial charge >= 0.3 is 0 Å². The van der Waals surface area contributed by atoms with Crippen molar-refractivity contribution in [2.75, 3.05) is 27.3 Å². The monoisotopic (exact) mass is 398 g/mol. The summed E-state index contributed by atoms with van der Waals surface area (Å²) in [6.45, 7) is 3.80. The number of nitrogens with zero attached hydrogens (tertiary/aromatic N) is 1. The highest BCUT2D eigenvalue weighted by Gasteiger charge is 2.07. The highest BCUT2D eigenvalue weighted by Crippen LogP contribution is 2.28. The zero-order valence-corrected chi connectivity index (χ0v) is 17.0. The molecule has 0 aliphatic heterocycles. The summed E-state index contributed by atoms with van der Waals surface area (Å²) in [5, 5.41) is 7.50. The third-order valence-corrected chi connectivity index (χ3v) is 4.63. The van der Waals surface area contributed by atoms with E-state index in [1.54, 1.807) is 26.3 Å². The normalized spacial score (nSPS) is 11.5. The Hall–Kier alpha value is -3.22. The molecule has 0 bridgehead atoms. The molecule has 154 valence electrons. The maximum absolute atomic E-state index is 13.5. The van der Waals surface area contributed by atoms with Crippen molar-refractivity contribution in [1.82, 2.24) is 15.6 Å². The zero-order valence-electron chi connectivity index (χ0n) is 17.0. The number of hydrogen-bond acceptors (Lipinski definition) is 3. The van der Waals surface area contributed by atoms with Crippen molar-refractivity contribution in [3.05, 3.63) is 59.5 Å². The van der Waals surface area contributed by atoms with Crippen molar-refractivity contribution >= 4 is 16.9 Å². The Kier molecular flexibility index (Phi) is 6.94. The van der Waals surface area contributed by atoms with Gasteiger partial charge in [-0.3, -0.25) is 4.99 Å². The van der Waals surface area contributed by atoms with Gasteiger partial charge in [0.15, 0.2) is 17.5 Å². The number of H-pyrrole nitrogens is 1. The van der Waals surface area contributed by atoms with Gasteiger partial charge in [-0.2, -0.15) is 0 Å². The van der Waals surface area contributed by atoms with Crippen LogP contribution < -0.4 is 20.1 Å². The number of aromatic nitrogens is 1. The van der Waals surface area contributed by atoms with Gasteiger partial charge in [0.05, 0.1) is 13.7 Å². The van der Waals surface area contributed by atoms with Crippen LogP contribution in [0.2, 0.25) is 0 Å². The largest absolute Gasteiger partial charge is 0.493 e. The number of methoxy groups -OCH3 is 1. The second-order valence-electron chi connectivity index (χ2n) is 6.52. The third kappa shape index (κ3) is 5.19. The highest BCUT2D eigenvalue weighted by molar-refractivity contribution is 5.83. The van der Waals surface area contributed by atoms with Crippen LogP contribution in [0, 0.1) is 5.82 Å². The van der Waals surface area contributed by atoms with Crippen LogP contribution in [0.4, 0.5) is 4.39 Å². The summed E-state index contributed by atoms with van der Waals surface area (Å²) in [5.41, 5.74) is 3.07. The molecule has 0 fully saturated rings. The Bertz CT molecular complexity index is 984. The first-order valence-electron chi connectivity index (χ1n) is 9.64. The third-order valence-electron chi connectivity index (χ3n) is 4.63. The Morgan fingerprint density at radius 1 is 1.14 bits per heavy atom. The Balaban J connectivity index is 1.54. The highest BCUT2D eigenvalue weighted by atomic mass is 19.1. The molecule has 0 saturated heterocycles. The van der Waals surface area contributed by atoms with Crippen LogP contribution in [0.15, 0.2) is 47.6 Å². The number of nitrogens with one attached hydrogen (secondary N) is 3. The number of fused-ring (bicyclic) bond motifs is 1. The summed E-state index contributed by atoms with van der Waals surface area (Å²) in [4.78, 5) is 7.44. The van der Waals surface area contributed by atoms with Crippen molar-refractivity contribution in [1.29, 1.82) is 0 Å². The Labute approximate surface area is 170 Å². The molecule has 0 amide bonds. The van der Waals surface area contributed by atoms with Gasteiger partial charge in [0.2, 0.25) is 0 Å². The second kappa shape index (κ2) is 9.82. The molecular formula is C22H27FN4O2. The van der Waals surface area contributed by atoms with E-state index in [9.17, 15) is 4.39 Å². The van der Waals surface area contributed by atoms with Gasteiger partial charge in [-0.15, -0.1) is 0 Å². The van der Waals surface area contributed by atoms with Crippen LogP contribution >= 0.6 is 0 Å². The molecule has 3 aromatic rings. The van der Waals surface area contributed by atoms with Crippen LogP contribution in [0.3, 0.4) is 0 Å². The topological polar surface area (TPSA) is 70.7 Å². The van der Waals surface area contributed by atoms with Gasteiger partial charge < -0.3 is 25.1 Å². The van der Waals surface area contributed by atoms with Crippen molar-refractivity contribution in [2.45, 2.75) is 19.9 Å².